The first-order chi connectivity index (χ1) is 10.1. The molecule has 0 unspecified atom stereocenters. The fraction of sp³-hybridized carbons (Fsp3) is 0.0667. The van der Waals surface area contributed by atoms with Crippen molar-refractivity contribution in [3.05, 3.63) is 69.0 Å². The monoisotopic (exact) mass is 398 g/mol. The number of hydrogen-bond donors (Lipinski definition) is 2. The maximum atomic E-state index is 12.7. The van der Waals surface area contributed by atoms with E-state index in [2.05, 4.69) is 10.9 Å². The van der Waals surface area contributed by atoms with Crippen LogP contribution in [0.4, 0.5) is 4.39 Å². The second-order valence-electron chi connectivity index (χ2n) is 4.29. The SMILES string of the molecule is O=C(Cc1ccc(F)cc1)NNC(=O)c1ccccc1I. The lowest BCUT2D eigenvalue weighted by molar-refractivity contribution is -0.121. The lowest BCUT2D eigenvalue weighted by atomic mass is 10.1. The summed E-state index contributed by atoms with van der Waals surface area (Å²) in [7, 11) is 0. The van der Waals surface area contributed by atoms with E-state index in [9.17, 15) is 14.0 Å². The number of nitrogens with one attached hydrogen (secondary N) is 2. The third kappa shape index (κ3) is 4.52. The second-order valence-corrected chi connectivity index (χ2v) is 5.45. The summed E-state index contributed by atoms with van der Waals surface area (Å²) in [5.41, 5.74) is 5.84. The van der Waals surface area contributed by atoms with Crippen molar-refractivity contribution in [2.75, 3.05) is 0 Å². The van der Waals surface area contributed by atoms with E-state index in [1.807, 2.05) is 28.7 Å². The summed E-state index contributed by atoms with van der Waals surface area (Å²) >= 11 is 2.05. The van der Waals surface area contributed by atoms with Gasteiger partial charge in [0.15, 0.2) is 0 Å². The molecule has 6 heteroatoms. The minimum Gasteiger partial charge on any atom is -0.273 e. The van der Waals surface area contributed by atoms with Gasteiger partial charge in [-0.3, -0.25) is 20.4 Å². The fourth-order valence-corrected chi connectivity index (χ4v) is 2.30. The molecule has 21 heavy (non-hydrogen) atoms. The van der Waals surface area contributed by atoms with E-state index in [4.69, 9.17) is 0 Å². The van der Waals surface area contributed by atoms with Gasteiger partial charge in [0, 0.05) is 3.57 Å². The average molecular weight is 398 g/mol. The third-order valence-electron chi connectivity index (χ3n) is 2.71. The minimum atomic E-state index is -0.382. The topological polar surface area (TPSA) is 58.2 Å². The normalized spacial score (nSPS) is 10.0. The molecule has 2 N–H and O–H groups in total. The Morgan fingerprint density at radius 2 is 1.67 bits per heavy atom. The molecule has 4 nitrogen and oxygen atoms in total. The Labute approximate surface area is 134 Å². The molecule has 2 rings (SSSR count). The Morgan fingerprint density at radius 3 is 2.33 bits per heavy atom. The highest BCUT2D eigenvalue weighted by Gasteiger charge is 2.10. The van der Waals surface area contributed by atoms with E-state index in [0.29, 0.717) is 11.1 Å². The molecule has 2 amide bonds. The van der Waals surface area contributed by atoms with Gasteiger partial charge in [0.1, 0.15) is 5.82 Å². The molecule has 2 aromatic rings. The van der Waals surface area contributed by atoms with E-state index in [0.717, 1.165) is 3.57 Å². The molecule has 0 radical (unpaired) electrons. The summed E-state index contributed by atoms with van der Waals surface area (Å²) in [6.45, 7) is 0. The van der Waals surface area contributed by atoms with Crippen molar-refractivity contribution in [3.63, 3.8) is 0 Å². The standard InChI is InChI=1S/C15H12FIN2O2/c16-11-7-5-10(6-8-11)9-14(20)18-19-15(21)12-3-1-2-4-13(12)17/h1-8H,9H2,(H,18,20)(H,19,21). The Morgan fingerprint density at radius 1 is 1.00 bits per heavy atom. The first-order valence-electron chi connectivity index (χ1n) is 6.14. The van der Waals surface area contributed by atoms with Crippen molar-refractivity contribution < 1.29 is 14.0 Å². The first-order valence-corrected chi connectivity index (χ1v) is 7.22. The predicted molar refractivity (Wildman–Crippen MR) is 84.9 cm³/mol. The van der Waals surface area contributed by atoms with Gasteiger partial charge in [0.25, 0.3) is 5.91 Å². The molecule has 0 saturated carbocycles. The molecule has 0 aliphatic rings. The predicted octanol–water partition coefficient (Wildman–Crippen LogP) is 2.43. The molecule has 0 spiro atoms. The minimum absolute atomic E-state index is 0.0619. The molecular formula is C15H12FIN2O2. The highest BCUT2D eigenvalue weighted by Crippen LogP contribution is 2.10. The quantitative estimate of drug-likeness (QED) is 0.617. The summed E-state index contributed by atoms with van der Waals surface area (Å²) in [6.07, 6.45) is 0.0619. The van der Waals surface area contributed by atoms with E-state index in [-0.39, 0.29) is 24.1 Å². The fourth-order valence-electron chi connectivity index (χ4n) is 1.67. The number of hydrogen-bond acceptors (Lipinski definition) is 2. The summed E-state index contributed by atoms with van der Waals surface area (Å²) < 4.78 is 13.5. The zero-order valence-electron chi connectivity index (χ0n) is 10.9. The van der Waals surface area contributed by atoms with Crippen molar-refractivity contribution in [2.24, 2.45) is 0 Å². The maximum Gasteiger partial charge on any atom is 0.270 e. The van der Waals surface area contributed by atoms with Crippen molar-refractivity contribution in [3.8, 4) is 0 Å². The van der Waals surface area contributed by atoms with Crippen LogP contribution in [0.1, 0.15) is 15.9 Å². The third-order valence-corrected chi connectivity index (χ3v) is 3.65. The number of hydrazine groups is 1. The van der Waals surface area contributed by atoms with Crippen LogP contribution in [0.3, 0.4) is 0 Å². The van der Waals surface area contributed by atoms with Crippen LogP contribution in [-0.2, 0) is 11.2 Å². The lowest BCUT2D eigenvalue weighted by Gasteiger charge is -2.08. The summed E-state index contributed by atoms with van der Waals surface area (Å²) in [5.74, 6) is -1.11. The van der Waals surface area contributed by atoms with Gasteiger partial charge in [-0.25, -0.2) is 4.39 Å². The maximum absolute atomic E-state index is 12.7. The first kappa shape index (κ1) is 15.4. The number of carbonyl (C=O) groups excluding carboxylic acids is 2. The van der Waals surface area contributed by atoms with Crippen LogP contribution in [0.5, 0.6) is 0 Å². The molecule has 0 saturated heterocycles. The molecule has 108 valence electrons. The van der Waals surface area contributed by atoms with Crippen molar-refractivity contribution in [2.45, 2.75) is 6.42 Å². The highest BCUT2D eigenvalue weighted by atomic mass is 127. The van der Waals surface area contributed by atoms with Gasteiger partial charge in [-0.2, -0.15) is 0 Å². The molecule has 0 aromatic heterocycles. The van der Waals surface area contributed by atoms with Gasteiger partial charge >= 0.3 is 0 Å². The largest absolute Gasteiger partial charge is 0.273 e. The van der Waals surface area contributed by atoms with Gasteiger partial charge in [-0.1, -0.05) is 24.3 Å². The van der Waals surface area contributed by atoms with Crippen LogP contribution >= 0.6 is 22.6 Å². The van der Waals surface area contributed by atoms with Gasteiger partial charge in [0.05, 0.1) is 12.0 Å². The number of amides is 2. The van der Waals surface area contributed by atoms with E-state index >= 15 is 0 Å². The Balaban J connectivity index is 1.88. The zero-order chi connectivity index (χ0) is 15.2. The smallest absolute Gasteiger partial charge is 0.270 e. The average Bonchev–Trinajstić information content (AvgIpc) is 2.48. The van der Waals surface area contributed by atoms with E-state index < -0.39 is 0 Å². The van der Waals surface area contributed by atoms with E-state index in [1.54, 1.807) is 18.2 Å². The second kappa shape index (κ2) is 7.16. The lowest BCUT2D eigenvalue weighted by Crippen LogP contribution is -2.42. The summed E-state index contributed by atoms with van der Waals surface area (Å²) in [6, 6.07) is 12.7. The van der Waals surface area contributed by atoms with Gasteiger partial charge in [-0.05, 0) is 52.4 Å². The highest BCUT2D eigenvalue weighted by molar-refractivity contribution is 14.1. The number of benzene rings is 2. The molecule has 0 bridgehead atoms. The van der Waals surface area contributed by atoms with Crippen LogP contribution < -0.4 is 10.9 Å². The van der Waals surface area contributed by atoms with Gasteiger partial charge in [-0.15, -0.1) is 0 Å². The molecule has 0 heterocycles. The molecule has 0 atom stereocenters. The Bertz CT molecular complexity index is 659. The molecule has 0 aliphatic carbocycles. The summed E-state index contributed by atoms with van der Waals surface area (Å²) in [4.78, 5) is 23.6. The molecule has 2 aromatic carbocycles. The van der Waals surface area contributed by atoms with Gasteiger partial charge < -0.3 is 0 Å². The Hall–Kier alpha value is -1.96. The van der Waals surface area contributed by atoms with Crippen molar-refractivity contribution >= 4 is 34.4 Å². The summed E-state index contributed by atoms with van der Waals surface area (Å²) in [5, 5.41) is 0. The van der Waals surface area contributed by atoms with Gasteiger partial charge in [0.2, 0.25) is 5.91 Å². The van der Waals surface area contributed by atoms with Crippen molar-refractivity contribution in [1.82, 2.24) is 10.9 Å². The number of rotatable bonds is 3. The van der Waals surface area contributed by atoms with Crippen molar-refractivity contribution in [1.29, 1.82) is 0 Å². The number of halogens is 2. The van der Waals surface area contributed by atoms with Crippen LogP contribution in [0.25, 0.3) is 0 Å². The molecule has 0 fully saturated rings. The van der Waals surface area contributed by atoms with Crippen LogP contribution in [0.15, 0.2) is 48.5 Å². The van der Waals surface area contributed by atoms with E-state index in [1.165, 1.54) is 24.3 Å². The Kier molecular flexibility index (Phi) is 5.26. The molecule has 0 aliphatic heterocycles. The molecular weight excluding hydrogens is 386 g/mol. The number of carbonyl (C=O) groups is 2. The van der Waals surface area contributed by atoms with Crippen LogP contribution in [-0.4, -0.2) is 11.8 Å². The van der Waals surface area contributed by atoms with Crippen LogP contribution in [0, 0.1) is 9.39 Å². The zero-order valence-corrected chi connectivity index (χ0v) is 13.1. The van der Waals surface area contributed by atoms with Crippen LogP contribution in [0.2, 0.25) is 0 Å².